The number of nitrogens with one attached hydrogen (secondary N) is 2. The fraction of sp³-hybridized carbons (Fsp3) is 0.286. The summed E-state index contributed by atoms with van der Waals surface area (Å²) in [5.74, 6) is 1.53. The van der Waals surface area contributed by atoms with Crippen LogP contribution in [-0.4, -0.2) is 30.7 Å². The molecule has 21 heavy (non-hydrogen) atoms. The average Bonchev–Trinajstić information content (AvgIpc) is 2.49. The molecule has 1 aromatic heterocycles. The number of rotatable bonds is 6. The van der Waals surface area contributed by atoms with Gasteiger partial charge in [0.25, 0.3) is 0 Å². The van der Waals surface area contributed by atoms with E-state index in [1.54, 1.807) is 6.07 Å². The molecule has 0 amide bonds. The van der Waals surface area contributed by atoms with Crippen molar-refractivity contribution in [2.75, 3.05) is 31.4 Å². The fourth-order valence-electron chi connectivity index (χ4n) is 1.85. The third kappa shape index (κ3) is 3.31. The number of ether oxygens (including phenoxy) is 2. The normalized spacial score (nSPS) is 10.1. The molecule has 1 aromatic carbocycles. The van der Waals surface area contributed by atoms with Crippen LogP contribution in [0.25, 0.3) is 0 Å². The SMILES string of the molecule is CCNc1ncnc(Nc2ccc(F)cc2OC)c1OC. The van der Waals surface area contributed by atoms with E-state index in [9.17, 15) is 4.39 Å². The van der Waals surface area contributed by atoms with Gasteiger partial charge in [-0.1, -0.05) is 0 Å². The molecule has 0 unspecified atom stereocenters. The summed E-state index contributed by atoms with van der Waals surface area (Å²) in [7, 11) is 3.01. The number of hydrogen-bond acceptors (Lipinski definition) is 6. The molecule has 0 saturated carbocycles. The third-order valence-electron chi connectivity index (χ3n) is 2.77. The van der Waals surface area contributed by atoms with E-state index in [0.29, 0.717) is 35.4 Å². The quantitative estimate of drug-likeness (QED) is 0.853. The largest absolute Gasteiger partial charge is 0.494 e. The van der Waals surface area contributed by atoms with Gasteiger partial charge in [0.2, 0.25) is 5.75 Å². The number of hydrogen-bond donors (Lipinski definition) is 2. The van der Waals surface area contributed by atoms with Crippen molar-refractivity contribution in [1.82, 2.24) is 9.97 Å². The first kappa shape index (κ1) is 14.8. The lowest BCUT2D eigenvalue weighted by Gasteiger charge is -2.15. The second-order valence-electron chi connectivity index (χ2n) is 4.10. The molecule has 0 fully saturated rings. The van der Waals surface area contributed by atoms with E-state index in [-0.39, 0.29) is 5.82 Å². The molecule has 0 aliphatic rings. The minimum Gasteiger partial charge on any atom is -0.494 e. The number of methoxy groups -OCH3 is 2. The van der Waals surface area contributed by atoms with Crippen molar-refractivity contribution in [3.63, 3.8) is 0 Å². The number of aromatic nitrogens is 2. The lowest BCUT2D eigenvalue weighted by Crippen LogP contribution is -2.06. The summed E-state index contributed by atoms with van der Waals surface area (Å²) >= 11 is 0. The predicted molar refractivity (Wildman–Crippen MR) is 79.0 cm³/mol. The molecule has 0 atom stereocenters. The molecule has 0 aliphatic carbocycles. The van der Waals surface area contributed by atoms with Gasteiger partial charge in [-0.05, 0) is 19.1 Å². The van der Waals surface area contributed by atoms with Crippen LogP contribution in [0.5, 0.6) is 11.5 Å². The van der Waals surface area contributed by atoms with Crippen molar-refractivity contribution in [2.24, 2.45) is 0 Å². The molecule has 0 aliphatic heterocycles. The van der Waals surface area contributed by atoms with Crippen LogP contribution in [0.2, 0.25) is 0 Å². The Morgan fingerprint density at radius 2 is 1.90 bits per heavy atom. The summed E-state index contributed by atoms with van der Waals surface area (Å²) in [6.07, 6.45) is 1.42. The lowest BCUT2D eigenvalue weighted by atomic mass is 10.2. The van der Waals surface area contributed by atoms with Crippen LogP contribution in [0.15, 0.2) is 24.5 Å². The topological polar surface area (TPSA) is 68.3 Å². The molecule has 1 heterocycles. The van der Waals surface area contributed by atoms with Gasteiger partial charge in [0.05, 0.1) is 19.9 Å². The van der Waals surface area contributed by atoms with E-state index in [0.717, 1.165) is 0 Å². The van der Waals surface area contributed by atoms with Gasteiger partial charge in [-0.2, -0.15) is 0 Å². The van der Waals surface area contributed by atoms with Gasteiger partial charge in [-0.3, -0.25) is 0 Å². The predicted octanol–water partition coefficient (Wildman–Crippen LogP) is 2.81. The second-order valence-corrected chi connectivity index (χ2v) is 4.10. The molecule has 0 radical (unpaired) electrons. The summed E-state index contributed by atoms with van der Waals surface area (Å²) in [5.41, 5.74) is 0.582. The van der Waals surface area contributed by atoms with Gasteiger partial charge in [0, 0.05) is 12.6 Å². The van der Waals surface area contributed by atoms with E-state index >= 15 is 0 Å². The first-order chi connectivity index (χ1) is 10.2. The van der Waals surface area contributed by atoms with Crippen LogP contribution in [0.3, 0.4) is 0 Å². The minimum atomic E-state index is -0.375. The maximum Gasteiger partial charge on any atom is 0.204 e. The van der Waals surface area contributed by atoms with Crippen molar-refractivity contribution in [2.45, 2.75) is 6.92 Å². The van der Waals surface area contributed by atoms with Crippen LogP contribution >= 0.6 is 0 Å². The molecule has 2 rings (SSSR count). The summed E-state index contributed by atoms with van der Waals surface area (Å²) < 4.78 is 23.7. The van der Waals surface area contributed by atoms with E-state index < -0.39 is 0 Å². The van der Waals surface area contributed by atoms with Crippen molar-refractivity contribution in [3.8, 4) is 11.5 Å². The molecule has 2 N–H and O–H groups in total. The van der Waals surface area contributed by atoms with Gasteiger partial charge in [-0.25, -0.2) is 14.4 Å². The number of benzene rings is 1. The fourth-order valence-corrected chi connectivity index (χ4v) is 1.85. The van der Waals surface area contributed by atoms with Crippen LogP contribution < -0.4 is 20.1 Å². The van der Waals surface area contributed by atoms with Gasteiger partial charge in [0.1, 0.15) is 17.9 Å². The van der Waals surface area contributed by atoms with Gasteiger partial charge in [0.15, 0.2) is 11.6 Å². The van der Waals surface area contributed by atoms with Gasteiger partial charge in [-0.15, -0.1) is 0 Å². The molecular weight excluding hydrogens is 275 g/mol. The highest BCUT2D eigenvalue weighted by Gasteiger charge is 2.13. The Hall–Kier alpha value is -2.57. The first-order valence-corrected chi connectivity index (χ1v) is 6.43. The third-order valence-corrected chi connectivity index (χ3v) is 2.77. The lowest BCUT2D eigenvalue weighted by molar-refractivity contribution is 0.411. The maximum atomic E-state index is 13.2. The van der Waals surface area contributed by atoms with E-state index in [2.05, 4.69) is 20.6 Å². The summed E-state index contributed by atoms with van der Waals surface area (Å²) in [6, 6.07) is 4.20. The standard InChI is InChI=1S/C14H17FN4O2/c1-4-16-13-12(21-3)14(18-8-17-13)19-10-6-5-9(15)7-11(10)20-2/h5-8H,4H2,1-3H3,(H2,16,17,18,19). The number of anilines is 3. The highest BCUT2D eigenvalue weighted by molar-refractivity contribution is 5.72. The maximum absolute atomic E-state index is 13.2. The Balaban J connectivity index is 2.37. The minimum absolute atomic E-state index is 0.375. The van der Waals surface area contributed by atoms with Crippen molar-refractivity contribution in [1.29, 1.82) is 0 Å². The molecule has 112 valence electrons. The summed E-state index contributed by atoms with van der Waals surface area (Å²) in [5, 5.41) is 6.14. The summed E-state index contributed by atoms with van der Waals surface area (Å²) in [6.45, 7) is 2.66. The Morgan fingerprint density at radius 1 is 1.14 bits per heavy atom. The number of halogens is 1. The molecule has 7 heteroatoms. The molecule has 0 bridgehead atoms. The van der Waals surface area contributed by atoms with E-state index in [1.165, 1.54) is 32.7 Å². The Labute approximate surface area is 122 Å². The molecular formula is C14H17FN4O2. The van der Waals surface area contributed by atoms with Crippen molar-refractivity contribution < 1.29 is 13.9 Å². The zero-order chi connectivity index (χ0) is 15.2. The van der Waals surface area contributed by atoms with E-state index in [4.69, 9.17) is 9.47 Å². The first-order valence-electron chi connectivity index (χ1n) is 6.43. The molecule has 0 saturated heterocycles. The Kier molecular flexibility index (Phi) is 4.76. The average molecular weight is 292 g/mol. The van der Waals surface area contributed by atoms with Crippen LogP contribution in [-0.2, 0) is 0 Å². The molecule has 2 aromatic rings. The van der Waals surface area contributed by atoms with Crippen LogP contribution in [0.1, 0.15) is 6.92 Å². The highest BCUT2D eigenvalue weighted by Crippen LogP contribution is 2.34. The summed E-state index contributed by atoms with van der Waals surface area (Å²) in [4.78, 5) is 8.27. The molecule has 0 spiro atoms. The Morgan fingerprint density at radius 3 is 2.57 bits per heavy atom. The number of nitrogens with zero attached hydrogens (tertiary/aromatic N) is 2. The zero-order valence-electron chi connectivity index (χ0n) is 12.1. The van der Waals surface area contributed by atoms with Crippen molar-refractivity contribution >= 4 is 17.3 Å². The smallest absolute Gasteiger partial charge is 0.204 e. The van der Waals surface area contributed by atoms with E-state index in [1.807, 2.05) is 6.92 Å². The monoisotopic (exact) mass is 292 g/mol. The van der Waals surface area contributed by atoms with Gasteiger partial charge >= 0.3 is 0 Å². The highest BCUT2D eigenvalue weighted by atomic mass is 19.1. The van der Waals surface area contributed by atoms with Crippen LogP contribution in [0, 0.1) is 5.82 Å². The van der Waals surface area contributed by atoms with Crippen molar-refractivity contribution in [3.05, 3.63) is 30.3 Å². The molecule has 6 nitrogen and oxygen atoms in total. The zero-order valence-corrected chi connectivity index (χ0v) is 12.1. The van der Waals surface area contributed by atoms with Gasteiger partial charge < -0.3 is 20.1 Å². The Bertz CT molecular complexity index is 622. The second kappa shape index (κ2) is 6.74. The van der Waals surface area contributed by atoms with Crippen LogP contribution in [0.4, 0.5) is 21.7 Å².